The Morgan fingerprint density at radius 2 is 2.33 bits per heavy atom. The van der Waals surface area contributed by atoms with Gasteiger partial charge in [-0.15, -0.1) is 0 Å². The van der Waals surface area contributed by atoms with Crippen LogP contribution in [0.4, 0.5) is 5.82 Å². The van der Waals surface area contributed by atoms with Crippen LogP contribution in [0.3, 0.4) is 0 Å². The van der Waals surface area contributed by atoms with Crippen LogP contribution in [0.25, 0.3) is 0 Å². The summed E-state index contributed by atoms with van der Waals surface area (Å²) < 4.78 is 4.97. The van der Waals surface area contributed by atoms with E-state index in [1.165, 1.54) is 6.33 Å². The van der Waals surface area contributed by atoms with Gasteiger partial charge in [0.05, 0.1) is 13.2 Å². The molecular formula is C10H17N3O2. The molecule has 1 aromatic heterocycles. The number of methoxy groups -OCH3 is 1. The first kappa shape index (κ1) is 11.7. The van der Waals surface area contributed by atoms with Gasteiger partial charge in [0.25, 0.3) is 0 Å². The molecule has 1 aromatic rings. The monoisotopic (exact) mass is 211 g/mol. The van der Waals surface area contributed by atoms with Crippen molar-refractivity contribution in [2.24, 2.45) is 0 Å². The summed E-state index contributed by atoms with van der Waals surface area (Å²) in [4.78, 5) is 7.94. The summed E-state index contributed by atoms with van der Waals surface area (Å²) in [6.07, 6.45) is 2.90. The molecule has 84 valence electrons. The molecule has 1 heterocycles. The Kier molecular flexibility index (Phi) is 4.83. The van der Waals surface area contributed by atoms with Crippen molar-refractivity contribution in [2.75, 3.05) is 19.0 Å². The summed E-state index contributed by atoms with van der Waals surface area (Å²) in [7, 11) is 1.57. The van der Waals surface area contributed by atoms with Gasteiger partial charge in [0.15, 0.2) is 0 Å². The maximum atomic E-state index is 9.06. The van der Waals surface area contributed by atoms with Crippen molar-refractivity contribution in [3.8, 4) is 5.88 Å². The normalized spacial score (nSPS) is 12.2. The van der Waals surface area contributed by atoms with Gasteiger partial charge >= 0.3 is 0 Å². The Morgan fingerprint density at radius 3 is 3.00 bits per heavy atom. The average molecular weight is 211 g/mol. The van der Waals surface area contributed by atoms with Crippen LogP contribution in [0.15, 0.2) is 12.4 Å². The number of hydrogen-bond donors (Lipinski definition) is 2. The Hall–Kier alpha value is -1.36. The summed E-state index contributed by atoms with van der Waals surface area (Å²) >= 11 is 0. The lowest BCUT2D eigenvalue weighted by Crippen LogP contribution is -2.07. The highest BCUT2D eigenvalue weighted by molar-refractivity contribution is 5.36. The molecule has 0 saturated heterocycles. The number of aliphatic hydroxyl groups is 1. The zero-order valence-electron chi connectivity index (χ0n) is 9.10. The van der Waals surface area contributed by atoms with Crippen molar-refractivity contribution in [3.05, 3.63) is 12.4 Å². The molecule has 5 nitrogen and oxygen atoms in total. The molecule has 0 spiro atoms. The SMILES string of the molecule is COc1cc(NCCCC(C)O)ncn1. The maximum absolute atomic E-state index is 9.06. The Bertz CT molecular complexity index is 292. The van der Waals surface area contributed by atoms with Gasteiger partial charge in [-0.2, -0.15) is 0 Å². The summed E-state index contributed by atoms with van der Waals surface area (Å²) in [5, 5.41) is 12.2. The summed E-state index contributed by atoms with van der Waals surface area (Å²) in [6.45, 7) is 2.57. The zero-order chi connectivity index (χ0) is 11.1. The Balaban J connectivity index is 2.30. The molecule has 1 rings (SSSR count). The molecule has 1 unspecified atom stereocenters. The van der Waals surface area contributed by atoms with E-state index < -0.39 is 0 Å². The standard InChI is InChI=1S/C10H17N3O2/c1-8(14)4-3-5-11-9-6-10(15-2)13-7-12-9/h6-8,14H,3-5H2,1-2H3,(H,11,12,13). The molecule has 0 aliphatic carbocycles. The van der Waals surface area contributed by atoms with E-state index in [1.807, 2.05) is 0 Å². The highest BCUT2D eigenvalue weighted by atomic mass is 16.5. The van der Waals surface area contributed by atoms with E-state index in [0.29, 0.717) is 5.88 Å². The second-order valence-corrected chi connectivity index (χ2v) is 3.36. The fourth-order valence-corrected chi connectivity index (χ4v) is 1.16. The van der Waals surface area contributed by atoms with E-state index >= 15 is 0 Å². The van der Waals surface area contributed by atoms with Gasteiger partial charge in [-0.05, 0) is 19.8 Å². The van der Waals surface area contributed by atoms with Crippen LogP contribution in [-0.2, 0) is 0 Å². The molecule has 0 bridgehead atoms. The molecule has 2 N–H and O–H groups in total. The topological polar surface area (TPSA) is 67.3 Å². The van der Waals surface area contributed by atoms with Crippen LogP contribution in [0.1, 0.15) is 19.8 Å². The van der Waals surface area contributed by atoms with Crippen LogP contribution in [0.2, 0.25) is 0 Å². The second kappa shape index (κ2) is 6.19. The molecular weight excluding hydrogens is 194 g/mol. The van der Waals surface area contributed by atoms with Crippen molar-refractivity contribution in [2.45, 2.75) is 25.9 Å². The third-order valence-corrected chi connectivity index (χ3v) is 1.96. The first-order chi connectivity index (χ1) is 7.22. The summed E-state index contributed by atoms with van der Waals surface area (Å²) in [5.74, 6) is 1.29. The molecule has 15 heavy (non-hydrogen) atoms. The van der Waals surface area contributed by atoms with Gasteiger partial charge in [-0.3, -0.25) is 0 Å². The molecule has 5 heteroatoms. The number of nitrogens with zero attached hydrogens (tertiary/aromatic N) is 2. The third kappa shape index (κ3) is 4.60. The van der Waals surface area contributed by atoms with E-state index in [0.717, 1.165) is 25.2 Å². The minimum Gasteiger partial charge on any atom is -0.481 e. The number of hydrogen-bond acceptors (Lipinski definition) is 5. The van der Waals surface area contributed by atoms with Gasteiger partial charge < -0.3 is 15.2 Å². The van der Waals surface area contributed by atoms with E-state index in [1.54, 1.807) is 20.1 Å². The summed E-state index contributed by atoms with van der Waals surface area (Å²) in [6, 6.07) is 1.74. The van der Waals surface area contributed by atoms with E-state index in [2.05, 4.69) is 15.3 Å². The molecule has 0 saturated carbocycles. The highest BCUT2D eigenvalue weighted by Gasteiger charge is 1.98. The predicted octanol–water partition coefficient (Wildman–Crippen LogP) is 1.06. The Labute approximate surface area is 89.5 Å². The number of ether oxygens (including phenoxy) is 1. The lowest BCUT2D eigenvalue weighted by molar-refractivity contribution is 0.183. The van der Waals surface area contributed by atoms with Crippen molar-refractivity contribution in [3.63, 3.8) is 0 Å². The van der Waals surface area contributed by atoms with Gasteiger partial charge in [0.1, 0.15) is 12.1 Å². The van der Waals surface area contributed by atoms with Crippen molar-refractivity contribution < 1.29 is 9.84 Å². The molecule has 0 radical (unpaired) electrons. The number of rotatable bonds is 6. The largest absolute Gasteiger partial charge is 0.481 e. The molecule has 0 aliphatic rings. The van der Waals surface area contributed by atoms with Gasteiger partial charge in [0.2, 0.25) is 5.88 Å². The van der Waals surface area contributed by atoms with Crippen molar-refractivity contribution in [1.82, 2.24) is 9.97 Å². The van der Waals surface area contributed by atoms with Crippen molar-refractivity contribution >= 4 is 5.82 Å². The molecule has 1 atom stereocenters. The first-order valence-electron chi connectivity index (χ1n) is 5.00. The van der Waals surface area contributed by atoms with Gasteiger partial charge in [-0.25, -0.2) is 9.97 Å². The van der Waals surface area contributed by atoms with Crippen molar-refractivity contribution in [1.29, 1.82) is 0 Å². The fraction of sp³-hybridized carbons (Fsp3) is 0.600. The van der Waals surface area contributed by atoms with E-state index in [-0.39, 0.29) is 6.10 Å². The summed E-state index contributed by atoms with van der Waals surface area (Å²) in [5.41, 5.74) is 0. The van der Waals surface area contributed by atoms with Gasteiger partial charge in [0, 0.05) is 12.6 Å². The number of aromatic nitrogens is 2. The quantitative estimate of drug-likeness (QED) is 0.689. The van der Waals surface area contributed by atoms with Crippen LogP contribution >= 0.6 is 0 Å². The van der Waals surface area contributed by atoms with E-state index in [9.17, 15) is 0 Å². The first-order valence-corrected chi connectivity index (χ1v) is 5.00. The van der Waals surface area contributed by atoms with Crippen LogP contribution in [-0.4, -0.2) is 34.8 Å². The average Bonchev–Trinajstić information content (AvgIpc) is 2.24. The van der Waals surface area contributed by atoms with E-state index in [4.69, 9.17) is 9.84 Å². The van der Waals surface area contributed by atoms with Crippen LogP contribution in [0, 0.1) is 0 Å². The predicted molar refractivity (Wildman–Crippen MR) is 58.0 cm³/mol. The second-order valence-electron chi connectivity index (χ2n) is 3.36. The highest BCUT2D eigenvalue weighted by Crippen LogP contribution is 2.10. The maximum Gasteiger partial charge on any atom is 0.218 e. The number of nitrogens with one attached hydrogen (secondary N) is 1. The lowest BCUT2D eigenvalue weighted by atomic mass is 10.2. The number of anilines is 1. The lowest BCUT2D eigenvalue weighted by Gasteiger charge is -2.07. The molecule has 0 aromatic carbocycles. The minimum atomic E-state index is -0.244. The zero-order valence-corrected chi connectivity index (χ0v) is 9.10. The smallest absolute Gasteiger partial charge is 0.218 e. The van der Waals surface area contributed by atoms with Crippen LogP contribution in [0.5, 0.6) is 5.88 Å². The Morgan fingerprint density at radius 1 is 1.53 bits per heavy atom. The minimum absolute atomic E-state index is 0.244. The number of aliphatic hydroxyl groups excluding tert-OH is 1. The third-order valence-electron chi connectivity index (χ3n) is 1.96. The van der Waals surface area contributed by atoms with Crippen LogP contribution < -0.4 is 10.1 Å². The fourth-order valence-electron chi connectivity index (χ4n) is 1.16. The molecule has 0 fully saturated rings. The molecule has 0 aliphatic heterocycles. The van der Waals surface area contributed by atoms with Gasteiger partial charge in [-0.1, -0.05) is 0 Å². The molecule has 0 amide bonds.